The van der Waals surface area contributed by atoms with E-state index in [1.165, 1.54) is 4.31 Å². The van der Waals surface area contributed by atoms with E-state index in [9.17, 15) is 13.2 Å². The molecule has 0 radical (unpaired) electrons. The molecule has 5 nitrogen and oxygen atoms in total. The Morgan fingerprint density at radius 2 is 1.52 bits per heavy atom. The first-order valence-corrected chi connectivity index (χ1v) is 12.2. The molecule has 0 aliphatic heterocycles. The number of hydrogen-bond acceptors (Lipinski definition) is 3. The van der Waals surface area contributed by atoms with E-state index in [4.69, 9.17) is 0 Å². The molecule has 0 saturated heterocycles. The van der Waals surface area contributed by atoms with Crippen LogP contribution in [0.5, 0.6) is 0 Å². The van der Waals surface area contributed by atoms with Gasteiger partial charge in [-0.05, 0) is 65.6 Å². The van der Waals surface area contributed by atoms with Crippen LogP contribution in [0.3, 0.4) is 0 Å². The lowest BCUT2D eigenvalue weighted by Gasteiger charge is -2.26. The number of hydrogen-bond donors (Lipinski definition) is 1. The van der Waals surface area contributed by atoms with Crippen LogP contribution in [0, 0.1) is 13.8 Å². The maximum absolute atomic E-state index is 13.5. The summed E-state index contributed by atoms with van der Waals surface area (Å²) in [6.07, 6.45) is 0. The molecule has 0 aromatic heterocycles. The van der Waals surface area contributed by atoms with Gasteiger partial charge >= 0.3 is 0 Å². The van der Waals surface area contributed by atoms with Crippen molar-refractivity contribution in [2.24, 2.45) is 0 Å². The molecule has 1 N–H and O–H groups in total. The minimum absolute atomic E-state index is 0.147. The number of nitrogens with one attached hydrogen (secondary N) is 1. The number of anilines is 1. The highest BCUT2D eigenvalue weighted by Gasteiger charge is 2.28. The van der Waals surface area contributed by atoms with Crippen LogP contribution in [0.4, 0.5) is 5.69 Å². The highest BCUT2D eigenvalue weighted by Crippen LogP contribution is 2.28. The van der Waals surface area contributed by atoms with Crippen LogP contribution in [-0.2, 0) is 21.4 Å². The Labute approximate surface area is 194 Å². The molecule has 33 heavy (non-hydrogen) atoms. The number of carbonyl (C=O) groups is 1. The molecule has 0 spiro atoms. The molecular formula is C27H26N2O3S. The Kier molecular flexibility index (Phi) is 6.47. The third-order valence-electron chi connectivity index (χ3n) is 5.77. The number of fused-ring (bicyclic) bond motifs is 1. The van der Waals surface area contributed by atoms with Crippen molar-refractivity contribution in [3.8, 4) is 0 Å². The van der Waals surface area contributed by atoms with Gasteiger partial charge in [0.25, 0.3) is 10.0 Å². The molecule has 0 aliphatic carbocycles. The summed E-state index contributed by atoms with van der Waals surface area (Å²) in [5, 5.41) is 5.09. The minimum atomic E-state index is -3.93. The predicted molar refractivity (Wildman–Crippen MR) is 133 cm³/mol. The molecular weight excluding hydrogens is 432 g/mol. The van der Waals surface area contributed by atoms with E-state index in [1.807, 2.05) is 62.4 Å². The first-order chi connectivity index (χ1) is 15.9. The second-order valence-electron chi connectivity index (χ2n) is 8.00. The zero-order valence-electron chi connectivity index (χ0n) is 18.7. The fourth-order valence-corrected chi connectivity index (χ4v) is 5.26. The lowest BCUT2D eigenvalue weighted by molar-refractivity contribution is -0.119. The first-order valence-electron chi connectivity index (χ1n) is 10.7. The third-order valence-corrected chi connectivity index (χ3v) is 7.54. The van der Waals surface area contributed by atoms with Crippen molar-refractivity contribution in [1.82, 2.24) is 5.32 Å². The van der Waals surface area contributed by atoms with Crippen molar-refractivity contribution in [3.63, 3.8) is 0 Å². The molecule has 0 fully saturated rings. The average molecular weight is 459 g/mol. The second kappa shape index (κ2) is 9.46. The Hall–Kier alpha value is -3.64. The van der Waals surface area contributed by atoms with Gasteiger partial charge in [0, 0.05) is 6.54 Å². The third kappa shape index (κ3) is 4.91. The summed E-state index contributed by atoms with van der Waals surface area (Å²) in [5.41, 5.74) is 3.22. The largest absolute Gasteiger partial charge is 0.350 e. The van der Waals surface area contributed by atoms with Crippen molar-refractivity contribution in [3.05, 3.63) is 108 Å². The monoisotopic (exact) mass is 458 g/mol. The van der Waals surface area contributed by atoms with Crippen LogP contribution < -0.4 is 9.62 Å². The molecule has 0 unspecified atom stereocenters. The Bertz CT molecular complexity index is 1400. The van der Waals surface area contributed by atoms with Crippen molar-refractivity contribution in [2.45, 2.75) is 25.3 Å². The molecule has 0 aliphatic rings. The van der Waals surface area contributed by atoms with E-state index in [0.29, 0.717) is 12.2 Å². The van der Waals surface area contributed by atoms with Crippen LogP contribution in [0.25, 0.3) is 10.8 Å². The van der Waals surface area contributed by atoms with E-state index in [-0.39, 0.29) is 17.3 Å². The van der Waals surface area contributed by atoms with Gasteiger partial charge in [-0.3, -0.25) is 9.10 Å². The number of amides is 1. The van der Waals surface area contributed by atoms with Crippen LogP contribution in [0.2, 0.25) is 0 Å². The van der Waals surface area contributed by atoms with Gasteiger partial charge in [0.2, 0.25) is 5.91 Å². The summed E-state index contributed by atoms with van der Waals surface area (Å²) in [6, 6.07) is 27.7. The van der Waals surface area contributed by atoms with Gasteiger partial charge in [-0.15, -0.1) is 0 Å². The van der Waals surface area contributed by atoms with Crippen molar-refractivity contribution in [1.29, 1.82) is 0 Å². The standard InChI is InChI=1S/C27H26N2O3S/c1-20-9-8-14-26(21(20)2)29(33(31,32)25-12-4-3-5-13-25)19-27(30)28-18-22-15-16-23-10-6-7-11-24(23)17-22/h3-17H,18-19H2,1-2H3,(H,28,30). The van der Waals surface area contributed by atoms with Crippen molar-refractivity contribution >= 4 is 32.4 Å². The second-order valence-corrected chi connectivity index (χ2v) is 9.86. The maximum Gasteiger partial charge on any atom is 0.264 e. The van der Waals surface area contributed by atoms with Crippen LogP contribution >= 0.6 is 0 Å². The van der Waals surface area contributed by atoms with Gasteiger partial charge in [-0.1, -0.05) is 66.7 Å². The Morgan fingerprint density at radius 1 is 0.818 bits per heavy atom. The number of rotatable bonds is 7. The number of nitrogens with zero attached hydrogens (tertiary/aromatic N) is 1. The molecule has 0 saturated carbocycles. The van der Waals surface area contributed by atoms with Crippen LogP contribution in [-0.4, -0.2) is 20.9 Å². The van der Waals surface area contributed by atoms with Gasteiger partial charge < -0.3 is 5.32 Å². The Morgan fingerprint density at radius 3 is 2.27 bits per heavy atom. The van der Waals surface area contributed by atoms with E-state index >= 15 is 0 Å². The highest BCUT2D eigenvalue weighted by atomic mass is 32.2. The number of sulfonamides is 1. The van der Waals surface area contributed by atoms with Crippen LogP contribution in [0.15, 0.2) is 95.9 Å². The normalized spacial score (nSPS) is 11.3. The maximum atomic E-state index is 13.5. The minimum Gasteiger partial charge on any atom is -0.350 e. The van der Waals surface area contributed by atoms with E-state index in [2.05, 4.69) is 5.32 Å². The van der Waals surface area contributed by atoms with Crippen LogP contribution in [0.1, 0.15) is 16.7 Å². The molecule has 0 atom stereocenters. The van der Waals surface area contributed by atoms with Gasteiger partial charge in [-0.25, -0.2) is 8.42 Å². The number of benzene rings is 4. The lowest BCUT2D eigenvalue weighted by atomic mass is 10.1. The zero-order chi connectivity index (χ0) is 23.4. The molecule has 0 bridgehead atoms. The summed E-state index contributed by atoms with van der Waals surface area (Å²) in [5.74, 6) is -0.372. The van der Waals surface area contributed by atoms with Crippen molar-refractivity contribution in [2.75, 3.05) is 10.8 Å². The SMILES string of the molecule is Cc1cccc(N(CC(=O)NCc2ccc3ccccc3c2)S(=O)(=O)c2ccccc2)c1C. The van der Waals surface area contributed by atoms with E-state index in [1.54, 1.807) is 42.5 Å². The van der Waals surface area contributed by atoms with Gasteiger partial charge in [0.05, 0.1) is 10.6 Å². The molecule has 6 heteroatoms. The molecule has 168 valence electrons. The average Bonchev–Trinajstić information content (AvgIpc) is 2.83. The summed E-state index contributed by atoms with van der Waals surface area (Å²) >= 11 is 0. The lowest BCUT2D eigenvalue weighted by Crippen LogP contribution is -2.41. The number of aryl methyl sites for hydroxylation is 1. The Balaban J connectivity index is 1.59. The summed E-state index contributed by atoms with van der Waals surface area (Å²) in [6.45, 7) is 3.79. The molecule has 4 aromatic carbocycles. The molecule has 0 heterocycles. The smallest absolute Gasteiger partial charge is 0.264 e. The fourth-order valence-electron chi connectivity index (χ4n) is 3.76. The van der Waals surface area contributed by atoms with Crippen molar-refractivity contribution < 1.29 is 13.2 Å². The van der Waals surface area contributed by atoms with Gasteiger partial charge in [0.15, 0.2) is 0 Å². The topological polar surface area (TPSA) is 66.5 Å². The molecule has 1 amide bonds. The quantitative estimate of drug-likeness (QED) is 0.425. The van der Waals surface area contributed by atoms with Gasteiger partial charge in [0.1, 0.15) is 6.54 Å². The summed E-state index contributed by atoms with van der Waals surface area (Å²) in [4.78, 5) is 13.1. The summed E-state index contributed by atoms with van der Waals surface area (Å²) < 4.78 is 28.2. The molecule has 4 rings (SSSR count). The summed E-state index contributed by atoms with van der Waals surface area (Å²) in [7, 11) is -3.93. The number of carbonyl (C=O) groups excluding carboxylic acids is 1. The predicted octanol–water partition coefficient (Wildman–Crippen LogP) is 4.97. The fraction of sp³-hybridized carbons (Fsp3) is 0.148. The van der Waals surface area contributed by atoms with E-state index in [0.717, 1.165) is 27.5 Å². The highest BCUT2D eigenvalue weighted by molar-refractivity contribution is 7.92. The molecule has 4 aromatic rings. The van der Waals surface area contributed by atoms with Gasteiger partial charge in [-0.2, -0.15) is 0 Å². The first kappa shape index (κ1) is 22.6. The zero-order valence-corrected chi connectivity index (χ0v) is 19.5. The van der Waals surface area contributed by atoms with E-state index < -0.39 is 10.0 Å².